The van der Waals surface area contributed by atoms with E-state index < -0.39 is 17.8 Å². The van der Waals surface area contributed by atoms with Crippen LogP contribution >= 0.6 is 11.3 Å². The molecule has 2 heterocycles. The van der Waals surface area contributed by atoms with Gasteiger partial charge < -0.3 is 0 Å². The van der Waals surface area contributed by atoms with Gasteiger partial charge in [-0.15, -0.1) is 11.3 Å². The molecule has 1 amide bonds. The number of aromatic nitrogens is 2. The number of benzene rings is 2. The maximum absolute atomic E-state index is 12.7. The molecule has 0 unspecified atom stereocenters. The van der Waals surface area contributed by atoms with Gasteiger partial charge in [0.25, 0.3) is 5.91 Å². The van der Waals surface area contributed by atoms with Crippen LogP contribution in [-0.2, 0) is 6.18 Å². The predicted octanol–water partition coefficient (Wildman–Crippen LogP) is 5.12. The molecule has 0 bridgehead atoms. The molecule has 0 saturated carbocycles. The van der Waals surface area contributed by atoms with Crippen molar-refractivity contribution in [2.45, 2.75) is 6.18 Å². The zero-order valence-electron chi connectivity index (χ0n) is 13.0. The topological polar surface area (TPSA) is 54.9 Å². The van der Waals surface area contributed by atoms with Crippen molar-refractivity contribution in [3.8, 4) is 0 Å². The molecule has 4 aromatic rings. The molecule has 0 radical (unpaired) electrons. The summed E-state index contributed by atoms with van der Waals surface area (Å²) in [7, 11) is 0. The number of amides is 1. The molecule has 0 aliphatic carbocycles. The van der Waals surface area contributed by atoms with Crippen LogP contribution in [0.1, 0.15) is 16.1 Å². The van der Waals surface area contributed by atoms with E-state index in [1.165, 1.54) is 0 Å². The SMILES string of the molecule is O=C(Nc1nc(C(F)(F)F)cs1)c1cc2ccccc2c2cccnc12. The van der Waals surface area contributed by atoms with Gasteiger partial charge in [0, 0.05) is 17.0 Å². The van der Waals surface area contributed by atoms with Gasteiger partial charge in [-0.3, -0.25) is 15.1 Å². The third kappa shape index (κ3) is 2.88. The summed E-state index contributed by atoms with van der Waals surface area (Å²) in [6, 6.07) is 12.8. The first-order valence-electron chi connectivity index (χ1n) is 7.54. The van der Waals surface area contributed by atoms with E-state index in [2.05, 4.69) is 15.3 Å². The second-order valence-electron chi connectivity index (χ2n) is 5.53. The van der Waals surface area contributed by atoms with Crippen molar-refractivity contribution in [3.05, 3.63) is 65.3 Å². The van der Waals surface area contributed by atoms with Crippen molar-refractivity contribution >= 4 is 44.1 Å². The second kappa shape index (κ2) is 6.06. The van der Waals surface area contributed by atoms with Crippen molar-refractivity contribution in [1.29, 1.82) is 0 Å². The lowest BCUT2D eigenvalue weighted by atomic mass is 10.0. The van der Waals surface area contributed by atoms with E-state index in [9.17, 15) is 18.0 Å². The molecular formula is C18H10F3N3OS. The van der Waals surface area contributed by atoms with Gasteiger partial charge in [-0.2, -0.15) is 13.2 Å². The molecule has 0 saturated heterocycles. The molecular weight excluding hydrogens is 363 g/mol. The Hall–Kier alpha value is -3.00. The molecule has 4 nitrogen and oxygen atoms in total. The highest BCUT2D eigenvalue weighted by atomic mass is 32.1. The molecule has 0 aliphatic rings. The van der Waals surface area contributed by atoms with E-state index in [1.807, 2.05) is 30.3 Å². The summed E-state index contributed by atoms with van der Waals surface area (Å²) in [5.74, 6) is -0.553. The van der Waals surface area contributed by atoms with Gasteiger partial charge in [-0.05, 0) is 22.9 Å². The summed E-state index contributed by atoms with van der Waals surface area (Å²) in [5.41, 5.74) is -0.265. The Morgan fingerprint density at radius 3 is 2.62 bits per heavy atom. The number of hydrogen-bond acceptors (Lipinski definition) is 4. The van der Waals surface area contributed by atoms with Gasteiger partial charge in [0.15, 0.2) is 10.8 Å². The Bertz CT molecular complexity index is 1140. The molecule has 130 valence electrons. The molecule has 4 rings (SSSR count). The monoisotopic (exact) mass is 373 g/mol. The number of rotatable bonds is 2. The number of pyridine rings is 1. The van der Waals surface area contributed by atoms with Crippen LogP contribution in [0.5, 0.6) is 0 Å². The first-order valence-corrected chi connectivity index (χ1v) is 8.42. The van der Waals surface area contributed by atoms with E-state index in [0.29, 0.717) is 5.52 Å². The first kappa shape index (κ1) is 16.5. The van der Waals surface area contributed by atoms with Gasteiger partial charge in [0.05, 0.1) is 11.1 Å². The van der Waals surface area contributed by atoms with E-state index in [-0.39, 0.29) is 10.7 Å². The molecule has 0 aliphatic heterocycles. The lowest BCUT2D eigenvalue weighted by Gasteiger charge is -2.09. The summed E-state index contributed by atoms with van der Waals surface area (Å²) in [6.07, 6.45) is -2.98. The minimum absolute atomic E-state index is 0.112. The lowest BCUT2D eigenvalue weighted by Crippen LogP contribution is -2.13. The maximum Gasteiger partial charge on any atom is 0.434 e. The molecule has 2 aromatic carbocycles. The number of halogens is 3. The molecule has 0 atom stereocenters. The number of thiazole rings is 1. The van der Waals surface area contributed by atoms with E-state index in [4.69, 9.17) is 0 Å². The molecule has 26 heavy (non-hydrogen) atoms. The van der Waals surface area contributed by atoms with Gasteiger partial charge in [0.1, 0.15) is 0 Å². The van der Waals surface area contributed by atoms with Crippen LogP contribution in [0.25, 0.3) is 21.7 Å². The van der Waals surface area contributed by atoms with Gasteiger partial charge in [0.2, 0.25) is 0 Å². The zero-order valence-corrected chi connectivity index (χ0v) is 13.9. The Morgan fingerprint density at radius 1 is 1.08 bits per heavy atom. The number of carbonyl (C=O) groups excluding carboxylic acids is 1. The Morgan fingerprint density at radius 2 is 1.85 bits per heavy atom. The number of nitrogens with one attached hydrogen (secondary N) is 1. The number of hydrogen-bond donors (Lipinski definition) is 1. The predicted molar refractivity (Wildman–Crippen MR) is 94.3 cm³/mol. The third-order valence-electron chi connectivity index (χ3n) is 3.87. The fourth-order valence-corrected chi connectivity index (χ4v) is 3.44. The summed E-state index contributed by atoms with van der Waals surface area (Å²) < 4.78 is 38.0. The maximum atomic E-state index is 12.7. The standard InChI is InChI=1S/C18H10F3N3OS/c19-18(20,21)14-9-26-17(23-14)24-16(25)13-8-10-4-1-2-5-11(10)12-6-3-7-22-15(12)13/h1-9H,(H,23,24,25). The quantitative estimate of drug-likeness (QED) is 0.497. The minimum Gasteiger partial charge on any atom is -0.298 e. The van der Waals surface area contributed by atoms with Crippen molar-refractivity contribution in [1.82, 2.24) is 9.97 Å². The zero-order chi connectivity index (χ0) is 18.3. The van der Waals surface area contributed by atoms with E-state index >= 15 is 0 Å². The van der Waals surface area contributed by atoms with Gasteiger partial charge in [-0.1, -0.05) is 30.3 Å². The minimum atomic E-state index is -4.54. The Kier molecular flexibility index (Phi) is 3.84. The van der Waals surface area contributed by atoms with Crippen LogP contribution < -0.4 is 5.32 Å². The summed E-state index contributed by atoms with van der Waals surface area (Å²) in [4.78, 5) is 20.4. The highest BCUT2D eigenvalue weighted by Gasteiger charge is 2.34. The van der Waals surface area contributed by atoms with Crippen molar-refractivity contribution in [2.75, 3.05) is 5.32 Å². The summed E-state index contributed by atoms with van der Waals surface area (Å²) in [6.45, 7) is 0. The molecule has 8 heteroatoms. The molecule has 0 fully saturated rings. The molecule has 2 aromatic heterocycles. The molecule has 0 spiro atoms. The number of fused-ring (bicyclic) bond motifs is 3. The van der Waals surface area contributed by atoms with Gasteiger partial charge >= 0.3 is 6.18 Å². The normalized spacial score (nSPS) is 11.8. The van der Waals surface area contributed by atoms with Gasteiger partial charge in [-0.25, -0.2) is 4.98 Å². The van der Waals surface area contributed by atoms with Crippen molar-refractivity contribution in [3.63, 3.8) is 0 Å². The van der Waals surface area contributed by atoms with Crippen molar-refractivity contribution in [2.24, 2.45) is 0 Å². The van der Waals surface area contributed by atoms with Crippen LogP contribution in [0, 0.1) is 0 Å². The fourth-order valence-electron chi connectivity index (χ4n) is 2.73. The number of nitrogens with zero attached hydrogens (tertiary/aromatic N) is 2. The lowest BCUT2D eigenvalue weighted by molar-refractivity contribution is -0.140. The van der Waals surface area contributed by atoms with Crippen LogP contribution in [0.3, 0.4) is 0 Å². The number of carbonyl (C=O) groups is 1. The van der Waals surface area contributed by atoms with Crippen molar-refractivity contribution < 1.29 is 18.0 Å². The Labute approximate surface area is 149 Å². The average molecular weight is 373 g/mol. The van der Waals surface area contributed by atoms with Crippen LogP contribution in [0.4, 0.5) is 18.3 Å². The van der Waals surface area contributed by atoms with Crippen LogP contribution in [-0.4, -0.2) is 15.9 Å². The fraction of sp³-hybridized carbons (Fsp3) is 0.0556. The smallest absolute Gasteiger partial charge is 0.298 e. The van der Waals surface area contributed by atoms with E-state index in [0.717, 1.165) is 32.9 Å². The Balaban J connectivity index is 1.78. The van der Waals surface area contributed by atoms with Crippen LogP contribution in [0.2, 0.25) is 0 Å². The highest BCUT2D eigenvalue weighted by Crippen LogP contribution is 2.32. The first-order chi connectivity index (χ1) is 12.4. The number of anilines is 1. The molecule has 1 N–H and O–H groups in total. The average Bonchev–Trinajstić information content (AvgIpc) is 3.10. The third-order valence-corrected chi connectivity index (χ3v) is 4.63. The van der Waals surface area contributed by atoms with Crippen LogP contribution in [0.15, 0.2) is 54.0 Å². The summed E-state index contributed by atoms with van der Waals surface area (Å²) >= 11 is 0.725. The second-order valence-corrected chi connectivity index (χ2v) is 6.39. The largest absolute Gasteiger partial charge is 0.434 e. The summed E-state index contributed by atoms with van der Waals surface area (Å²) in [5, 5.41) is 5.78. The number of alkyl halides is 3. The highest BCUT2D eigenvalue weighted by molar-refractivity contribution is 7.14. The van der Waals surface area contributed by atoms with E-state index in [1.54, 1.807) is 18.3 Å².